The second-order valence-electron chi connectivity index (χ2n) is 7.11. The third-order valence-corrected chi connectivity index (χ3v) is 5.54. The summed E-state index contributed by atoms with van der Waals surface area (Å²) < 4.78 is 5.29. The first-order valence-electron chi connectivity index (χ1n) is 9.26. The van der Waals surface area contributed by atoms with Crippen LogP contribution in [0.3, 0.4) is 0 Å². The normalized spacial score (nSPS) is 21.0. The first kappa shape index (κ1) is 16.8. The van der Waals surface area contributed by atoms with Crippen LogP contribution in [0.4, 0.5) is 0 Å². The molecule has 0 saturated heterocycles. The molecule has 2 aromatic rings. The van der Waals surface area contributed by atoms with Crippen molar-refractivity contribution in [2.24, 2.45) is 11.8 Å². The number of hydrogen-bond acceptors (Lipinski definition) is 3. The van der Waals surface area contributed by atoms with Gasteiger partial charge >= 0.3 is 5.97 Å². The van der Waals surface area contributed by atoms with Crippen molar-refractivity contribution in [1.29, 1.82) is 0 Å². The molecule has 1 heterocycles. The van der Waals surface area contributed by atoms with Crippen LogP contribution in [0.5, 0.6) is 0 Å². The highest BCUT2D eigenvalue weighted by Gasteiger charge is 2.41. The van der Waals surface area contributed by atoms with Gasteiger partial charge in [0, 0.05) is 13.1 Å². The smallest absolute Gasteiger partial charge is 0.310 e. The van der Waals surface area contributed by atoms with Gasteiger partial charge in [-0.15, -0.1) is 0 Å². The number of benzene rings is 2. The van der Waals surface area contributed by atoms with Crippen LogP contribution in [0.2, 0.25) is 0 Å². The maximum atomic E-state index is 13.3. The van der Waals surface area contributed by atoms with Crippen molar-refractivity contribution in [3.63, 3.8) is 0 Å². The van der Waals surface area contributed by atoms with Crippen molar-refractivity contribution in [1.82, 2.24) is 4.90 Å². The van der Waals surface area contributed by atoms with Gasteiger partial charge in [0.15, 0.2) is 0 Å². The molecule has 0 aromatic heterocycles. The molecule has 0 saturated carbocycles. The van der Waals surface area contributed by atoms with Crippen LogP contribution in [0.15, 0.2) is 48.5 Å². The summed E-state index contributed by atoms with van der Waals surface area (Å²) in [5.41, 5.74) is 4.72. The van der Waals surface area contributed by atoms with E-state index < -0.39 is 5.92 Å². The molecule has 2 aromatic carbocycles. The molecule has 1 amide bonds. The van der Waals surface area contributed by atoms with Crippen molar-refractivity contribution >= 4 is 11.9 Å². The Kier molecular flexibility index (Phi) is 4.49. The number of amides is 1. The van der Waals surface area contributed by atoms with Gasteiger partial charge in [-0.05, 0) is 42.0 Å². The fourth-order valence-corrected chi connectivity index (χ4v) is 4.19. The van der Waals surface area contributed by atoms with E-state index in [9.17, 15) is 9.59 Å². The van der Waals surface area contributed by atoms with Gasteiger partial charge in [-0.2, -0.15) is 0 Å². The zero-order valence-electron chi connectivity index (χ0n) is 15.0. The standard InChI is InChI=1S/C22H23NO3/c1-2-26-22(25)20-12-16-8-4-3-7-15(16)11-19(20)21(24)23-13-17-9-5-6-10-18(17)14-23/h3-10,19-20H,2,11-14H2,1H3. The second kappa shape index (κ2) is 6.94. The van der Waals surface area contributed by atoms with Crippen LogP contribution >= 0.6 is 0 Å². The Morgan fingerprint density at radius 1 is 0.885 bits per heavy atom. The minimum atomic E-state index is -0.402. The average molecular weight is 349 g/mol. The number of nitrogens with zero attached hydrogens (tertiary/aromatic N) is 1. The predicted molar refractivity (Wildman–Crippen MR) is 98.2 cm³/mol. The molecule has 4 nitrogen and oxygen atoms in total. The van der Waals surface area contributed by atoms with E-state index in [2.05, 4.69) is 18.2 Å². The fourth-order valence-electron chi connectivity index (χ4n) is 4.19. The van der Waals surface area contributed by atoms with Crippen molar-refractivity contribution in [3.8, 4) is 0 Å². The van der Waals surface area contributed by atoms with E-state index in [1.165, 1.54) is 16.7 Å². The van der Waals surface area contributed by atoms with Crippen molar-refractivity contribution in [2.45, 2.75) is 32.9 Å². The molecule has 4 heteroatoms. The largest absolute Gasteiger partial charge is 0.466 e. The lowest BCUT2D eigenvalue weighted by atomic mass is 9.75. The highest BCUT2D eigenvalue weighted by molar-refractivity contribution is 5.87. The predicted octanol–water partition coefficient (Wildman–Crippen LogP) is 3.12. The minimum Gasteiger partial charge on any atom is -0.466 e. The molecule has 134 valence electrons. The molecule has 1 aliphatic carbocycles. The number of carbonyl (C=O) groups is 2. The lowest BCUT2D eigenvalue weighted by Crippen LogP contribution is -2.43. The Labute approximate surface area is 153 Å². The van der Waals surface area contributed by atoms with Crippen LogP contribution in [0.25, 0.3) is 0 Å². The molecule has 2 unspecified atom stereocenters. The maximum absolute atomic E-state index is 13.3. The lowest BCUT2D eigenvalue weighted by Gasteiger charge is -2.33. The van der Waals surface area contributed by atoms with E-state index in [4.69, 9.17) is 4.74 Å². The number of carbonyl (C=O) groups excluding carboxylic acids is 2. The summed E-state index contributed by atoms with van der Waals surface area (Å²) in [5, 5.41) is 0. The van der Waals surface area contributed by atoms with Crippen molar-refractivity contribution in [2.75, 3.05) is 6.61 Å². The van der Waals surface area contributed by atoms with Crippen LogP contribution in [0, 0.1) is 11.8 Å². The molecule has 0 radical (unpaired) electrons. The topological polar surface area (TPSA) is 46.6 Å². The Morgan fingerprint density at radius 3 is 1.92 bits per heavy atom. The highest BCUT2D eigenvalue weighted by atomic mass is 16.5. The summed E-state index contributed by atoms with van der Waals surface area (Å²) in [6.07, 6.45) is 1.18. The van der Waals surface area contributed by atoms with Crippen LogP contribution in [-0.2, 0) is 40.3 Å². The monoisotopic (exact) mass is 349 g/mol. The molecule has 1 aliphatic heterocycles. The summed E-state index contributed by atoms with van der Waals surface area (Å²) in [6.45, 7) is 3.40. The van der Waals surface area contributed by atoms with Crippen LogP contribution in [-0.4, -0.2) is 23.4 Å². The van der Waals surface area contributed by atoms with Crippen molar-refractivity contribution < 1.29 is 14.3 Å². The molecular weight excluding hydrogens is 326 g/mol. The molecule has 26 heavy (non-hydrogen) atoms. The summed E-state index contributed by atoms with van der Waals surface area (Å²) in [7, 11) is 0. The maximum Gasteiger partial charge on any atom is 0.310 e. The van der Waals surface area contributed by atoms with Gasteiger partial charge in [-0.25, -0.2) is 0 Å². The molecule has 0 N–H and O–H groups in total. The van der Waals surface area contributed by atoms with E-state index in [-0.39, 0.29) is 17.8 Å². The van der Waals surface area contributed by atoms with Gasteiger partial charge in [0.05, 0.1) is 18.4 Å². The molecule has 0 spiro atoms. The molecule has 4 rings (SSSR count). The van der Waals surface area contributed by atoms with Crippen LogP contribution in [0.1, 0.15) is 29.2 Å². The molecule has 2 aliphatic rings. The van der Waals surface area contributed by atoms with Crippen LogP contribution < -0.4 is 0 Å². The Morgan fingerprint density at radius 2 is 1.38 bits per heavy atom. The third-order valence-electron chi connectivity index (χ3n) is 5.54. The second-order valence-corrected chi connectivity index (χ2v) is 7.11. The van der Waals surface area contributed by atoms with E-state index in [1.54, 1.807) is 0 Å². The fraction of sp³-hybridized carbons (Fsp3) is 0.364. The van der Waals surface area contributed by atoms with E-state index >= 15 is 0 Å². The summed E-state index contributed by atoms with van der Waals surface area (Å²) >= 11 is 0. The van der Waals surface area contributed by atoms with E-state index in [0.29, 0.717) is 32.5 Å². The van der Waals surface area contributed by atoms with Crippen molar-refractivity contribution in [3.05, 3.63) is 70.8 Å². The lowest BCUT2D eigenvalue weighted by molar-refractivity contribution is -0.155. The number of rotatable bonds is 3. The van der Waals surface area contributed by atoms with Gasteiger partial charge in [0.2, 0.25) is 5.91 Å². The summed E-state index contributed by atoms with van der Waals surface area (Å²) in [6, 6.07) is 16.3. The molecule has 0 bridgehead atoms. The number of ether oxygens (including phenoxy) is 1. The van der Waals surface area contributed by atoms with Gasteiger partial charge in [-0.1, -0.05) is 48.5 Å². The molecule has 2 atom stereocenters. The Hall–Kier alpha value is -2.62. The quantitative estimate of drug-likeness (QED) is 0.800. The highest BCUT2D eigenvalue weighted by Crippen LogP contribution is 2.34. The van der Waals surface area contributed by atoms with Gasteiger partial charge < -0.3 is 9.64 Å². The number of fused-ring (bicyclic) bond motifs is 2. The zero-order chi connectivity index (χ0) is 18.1. The van der Waals surface area contributed by atoms with E-state index in [0.717, 1.165) is 5.56 Å². The molecular formula is C22H23NO3. The first-order valence-corrected chi connectivity index (χ1v) is 9.26. The SMILES string of the molecule is CCOC(=O)C1Cc2ccccc2CC1C(=O)N1Cc2ccccc2C1. The number of esters is 1. The molecule has 0 fully saturated rings. The third kappa shape index (κ3) is 3.00. The Bertz CT molecular complexity index is 820. The zero-order valence-corrected chi connectivity index (χ0v) is 15.0. The van der Waals surface area contributed by atoms with Gasteiger partial charge in [0.25, 0.3) is 0 Å². The number of hydrogen-bond donors (Lipinski definition) is 0. The average Bonchev–Trinajstić information content (AvgIpc) is 3.10. The Balaban J connectivity index is 1.60. The minimum absolute atomic E-state index is 0.0637. The van der Waals surface area contributed by atoms with Gasteiger partial charge in [0.1, 0.15) is 0 Å². The van der Waals surface area contributed by atoms with E-state index in [1.807, 2.05) is 42.2 Å². The summed E-state index contributed by atoms with van der Waals surface area (Å²) in [5.74, 6) is -0.940. The van der Waals surface area contributed by atoms with Gasteiger partial charge in [-0.3, -0.25) is 9.59 Å². The summed E-state index contributed by atoms with van der Waals surface area (Å²) in [4.78, 5) is 27.8. The first-order chi connectivity index (χ1) is 12.7.